The number of nitrogens with zero attached hydrogens (tertiary/aromatic N) is 2. The maximum absolute atomic E-state index is 12.1. The molecule has 6 nitrogen and oxygen atoms in total. The molecule has 0 unspecified atom stereocenters. The summed E-state index contributed by atoms with van der Waals surface area (Å²) >= 11 is 0. The van der Waals surface area contributed by atoms with Crippen molar-refractivity contribution in [1.29, 1.82) is 0 Å². The lowest BCUT2D eigenvalue weighted by Gasteiger charge is -2.29. The molecule has 18 heavy (non-hydrogen) atoms. The third-order valence-electron chi connectivity index (χ3n) is 3.05. The highest BCUT2D eigenvalue weighted by Crippen LogP contribution is 1.99. The van der Waals surface area contributed by atoms with Gasteiger partial charge in [0.15, 0.2) is 0 Å². The van der Waals surface area contributed by atoms with Crippen LogP contribution in [0.3, 0.4) is 0 Å². The van der Waals surface area contributed by atoms with Crippen molar-refractivity contribution in [2.45, 2.75) is 19.8 Å². The van der Waals surface area contributed by atoms with Gasteiger partial charge in [0.1, 0.15) is 0 Å². The van der Waals surface area contributed by atoms with Gasteiger partial charge in [-0.1, -0.05) is 13.3 Å². The van der Waals surface area contributed by atoms with Gasteiger partial charge in [0.25, 0.3) is 0 Å². The van der Waals surface area contributed by atoms with Crippen LogP contribution in [-0.2, 0) is 9.59 Å². The number of hydrogen-bond acceptors (Lipinski definition) is 4. The Kier molecular flexibility index (Phi) is 6.67. The van der Waals surface area contributed by atoms with Gasteiger partial charge >= 0.3 is 0 Å². The van der Waals surface area contributed by atoms with Crippen LogP contribution in [0.5, 0.6) is 0 Å². The van der Waals surface area contributed by atoms with Crippen LogP contribution < -0.4 is 11.1 Å². The highest BCUT2D eigenvalue weighted by atomic mass is 16.2. The average molecular weight is 256 g/mol. The van der Waals surface area contributed by atoms with E-state index in [-0.39, 0.29) is 12.5 Å². The molecule has 2 amide bonds. The van der Waals surface area contributed by atoms with Gasteiger partial charge < -0.3 is 16.0 Å². The molecule has 1 fully saturated rings. The van der Waals surface area contributed by atoms with Gasteiger partial charge in [-0.2, -0.15) is 0 Å². The number of rotatable bonds is 7. The second-order valence-corrected chi connectivity index (χ2v) is 4.66. The predicted molar refractivity (Wildman–Crippen MR) is 70.0 cm³/mol. The van der Waals surface area contributed by atoms with E-state index < -0.39 is 5.91 Å². The van der Waals surface area contributed by atoms with Crippen LogP contribution in [0, 0.1) is 0 Å². The Morgan fingerprint density at radius 2 is 2.00 bits per heavy atom. The van der Waals surface area contributed by atoms with E-state index in [2.05, 4.69) is 17.1 Å². The number of hydrogen-bond donors (Lipinski definition) is 2. The molecule has 3 N–H and O–H groups in total. The summed E-state index contributed by atoms with van der Waals surface area (Å²) in [6, 6.07) is 0. The van der Waals surface area contributed by atoms with E-state index in [9.17, 15) is 9.59 Å². The first-order valence-electron chi connectivity index (χ1n) is 6.62. The zero-order chi connectivity index (χ0) is 13.4. The van der Waals surface area contributed by atoms with Crippen LogP contribution in [0.2, 0.25) is 0 Å². The van der Waals surface area contributed by atoms with E-state index in [1.54, 1.807) is 4.90 Å². The highest BCUT2D eigenvalue weighted by molar-refractivity contribution is 5.84. The molecule has 0 aromatic carbocycles. The second kappa shape index (κ2) is 8.05. The molecule has 0 radical (unpaired) electrons. The maximum Gasteiger partial charge on any atom is 0.237 e. The van der Waals surface area contributed by atoms with E-state index in [1.165, 1.54) is 0 Å². The lowest BCUT2D eigenvalue weighted by molar-refractivity contribution is -0.136. The van der Waals surface area contributed by atoms with Gasteiger partial charge in [-0.25, -0.2) is 0 Å². The van der Waals surface area contributed by atoms with Crippen molar-refractivity contribution in [2.24, 2.45) is 5.73 Å². The van der Waals surface area contributed by atoms with Crippen LogP contribution in [0.15, 0.2) is 0 Å². The predicted octanol–water partition coefficient (Wildman–Crippen LogP) is -0.994. The van der Waals surface area contributed by atoms with Crippen LogP contribution in [0.4, 0.5) is 0 Å². The fourth-order valence-corrected chi connectivity index (χ4v) is 1.99. The molecule has 1 aliphatic rings. The van der Waals surface area contributed by atoms with Crippen molar-refractivity contribution >= 4 is 11.8 Å². The van der Waals surface area contributed by atoms with Gasteiger partial charge in [0.2, 0.25) is 11.8 Å². The Balaban J connectivity index is 2.43. The molecule has 0 aliphatic carbocycles. The Labute approximate surface area is 108 Å². The fourth-order valence-electron chi connectivity index (χ4n) is 1.99. The molecule has 1 heterocycles. The number of carbonyl (C=O) groups excluding carboxylic acids is 2. The van der Waals surface area contributed by atoms with E-state index >= 15 is 0 Å². The Morgan fingerprint density at radius 3 is 2.56 bits per heavy atom. The first kappa shape index (κ1) is 14.9. The SMILES string of the molecule is CCCCN(CC(N)=O)C(=O)CN1CCNCC1. The zero-order valence-electron chi connectivity index (χ0n) is 11.2. The fraction of sp³-hybridized carbons (Fsp3) is 0.833. The van der Waals surface area contributed by atoms with Gasteiger partial charge in [0.05, 0.1) is 13.1 Å². The molecule has 0 spiro atoms. The molecule has 0 atom stereocenters. The molecule has 1 aliphatic heterocycles. The van der Waals surface area contributed by atoms with E-state index in [4.69, 9.17) is 5.73 Å². The summed E-state index contributed by atoms with van der Waals surface area (Å²) in [5.41, 5.74) is 5.18. The van der Waals surface area contributed by atoms with Crippen molar-refractivity contribution < 1.29 is 9.59 Å². The van der Waals surface area contributed by atoms with Crippen LogP contribution in [-0.4, -0.2) is 67.4 Å². The van der Waals surface area contributed by atoms with Crippen molar-refractivity contribution in [3.05, 3.63) is 0 Å². The average Bonchev–Trinajstić information content (AvgIpc) is 2.35. The normalized spacial score (nSPS) is 16.5. The highest BCUT2D eigenvalue weighted by Gasteiger charge is 2.19. The van der Waals surface area contributed by atoms with Crippen molar-refractivity contribution in [1.82, 2.24) is 15.1 Å². The van der Waals surface area contributed by atoms with Crippen LogP contribution >= 0.6 is 0 Å². The van der Waals surface area contributed by atoms with Gasteiger partial charge in [0, 0.05) is 32.7 Å². The number of unbranched alkanes of at least 4 members (excludes halogenated alkanes) is 1. The first-order chi connectivity index (χ1) is 8.63. The summed E-state index contributed by atoms with van der Waals surface area (Å²) in [7, 11) is 0. The van der Waals surface area contributed by atoms with E-state index in [0.717, 1.165) is 39.0 Å². The molecule has 6 heteroatoms. The third kappa shape index (κ3) is 5.46. The molecular formula is C12H24N4O2. The number of piperazine rings is 1. The summed E-state index contributed by atoms with van der Waals surface area (Å²) in [6.45, 7) is 6.68. The Bertz CT molecular complexity index is 277. The maximum atomic E-state index is 12.1. The first-order valence-corrected chi connectivity index (χ1v) is 6.62. The number of carbonyl (C=O) groups is 2. The molecule has 0 bridgehead atoms. The molecule has 1 saturated heterocycles. The van der Waals surface area contributed by atoms with Gasteiger partial charge in [-0.15, -0.1) is 0 Å². The summed E-state index contributed by atoms with van der Waals surface area (Å²) in [5.74, 6) is -0.441. The minimum Gasteiger partial charge on any atom is -0.368 e. The number of nitrogens with one attached hydrogen (secondary N) is 1. The minimum absolute atomic E-state index is 0.00384. The Morgan fingerprint density at radius 1 is 1.33 bits per heavy atom. The minimum atomic E-state index is -0.445. The molecule has 0 saturated carbocycles. The van der Waals surface area contributed by atoms with Gasteiger partial charge in [-0.05, 0) is 6.42 Å². The number of primary amides is 1. The smallest absolute Gasteiger partial charge is 0.237 e. The standard InChI is InChI=1S/C12H24N4O2/c1-2-3-6-16(9-11(13)17)12(18)10-15-7-4-14-5-8-15/h14H,2-10H2,1H3,(H2,13,17). The van der Waals surface area contributed by atoms with Crippen molar-refractivity contribution in [2.75, 3.05) is 45.8 Å². The quantitative estimate of drug-likeness (QED) is 0.613. The third-order valence-corrected chi connectivity index (χ3v) is 3.05. The Hall–Kier alpha value is -1.14. The van der Waals surface area contributed by atoms with E-state index in [1.807, 2.05) is 0 Å². The lowest BCUT2D eigenvalue weighted by atomic mass is 10.3. The lowest BCUT2D eigenvalue weighted by Crippen LogP contribution is -2.49. The molecule has 0 aromatic rings. The number of amides is 2. The molecular weight excluding hydrogens is 232 g/mol. The van der Waals surface area contributed by atoms with Crippen molar-refractivity contribution in [3.8, 4) is 0 Å². The second-order valence-electron chi connectivity index (χ2n) is 4.66. The molecule has 0 aromatic heterocycles. The summed E-state index contributed by atoms with van der Waals surface area (Å²) < 4.78 is 0. The number of nitrogens with two attached hydrogens (primary N) is 1. The zero-order valence-corrected chi connectivity index (χ0v) is 11.2. The largest absolute Gasteiger partial charge is 0.368 e. The van der Waals surface area contributed by atoms with Gasteiger partial charge in [-0.3, -0.25) is 14.5 Å². The monoisotopic (exact) mass is 256 g/mol. The summed E-state index contributed by atoms with van der Waals surface area (Å²) in [4.78, 5) is 26.8. The molecule has 1 rings (SSSR count). The summed E-state index contributed by atoms with van der Waals surface area (Å²) in [6.07, 6.45) is 1.90. The van der Waals surface area contributed by atoms with Crippen molar-refractivity contribution in [3.63, 3.8) is 0 Å². The van der Waals surface area contributed by atoms with Crippen LogP contribution in [0.1, 0.15) is 19.8 Å². The topological polar surface area (TPSA) is 78.7 Å². The van der Waals surface area contributed by atoms with E-state index in [0.29, 0.717) is 13.1 Å². The molecule has 104 valence electrons. The summed E-state index contributed by atoms with van der Waals surface area (Å²) in [5, 5.41) is 3.24. The van der Waals surface area contributed by atoms with Crippen LogP contribution in [0.25, 0.3) is 0 Å².